The van der Waals surface area contributed by atoms with Crippen molar-refractivity contribution in [3.63, 3.8) is 0 Å². The number of carbonyl (C=O) groups excluding carboxylic acids is 1. The number of unbranched alkanes of at least 4 members (excludes halogenated alkanes) is 1. The maximum atomic E-state index is 11.4. The fraction of sp³-hybridized carbons (Fsp3) is 0.917. The lowest BCUT2D eigenvalue weighted by Gasteiger charge is -2.16. The van der Waals surface area contributed by atoms with Gasteiger partial charge in [-0.1, -0.05) is 40.0 Å². The molecule has 0 radical (unpaired) electrons. The van der Waals surface area contributed by atoms with Gasteiger partial charge < -0.3 is 10.5 Å². The van der Waals surface area contributed by atoms with Crippen LogP contribution in [0.2, 0.25) is 0 Å². The second-order valence-corrected chi connectivity index (χ2v) is 4.18. The Morgan fingerprint density at radius 2 is 2.07 bits per heavy atom. The summed E-state index contributed by atoms with van der Waals surface area (Å²) < 4.78 is 5.23. The van der Waals surface area contributed by atoms with Crippen LogP contribution in [-0.2, 0) is 9.53 Å². The van der Waals surface area contributed by atoms with Gasteiger partial charge in [-0.25, -0.2) is 0 Å². The van der Waals surface area contributed by atoms with Crippen LogP contribution in [0.1, 0.15) is 46.5 Å². The molecule has 2 N–H and O–H groups in total. The average molecular weight is 215 g/mol. The Morgan fingerprint density at radius 1 is 1.40 bits per heavy atom. The molecule has 0 bridgehead atoms. The van der Waals surface area contributed by atoms with Crippen molar-refractivity contribution in [1.82, 2.24) is 0 Å². The molecule has 0 fully saturated rings. The first-order valence-electron chi connectivity index (χ1n) is 6.02. The first kappa shape index (κ1) is 14.4. The molecule has 0 aromatic heterocycles. The highest BCUT2D eigenvalue weighted by atomic mass is 16.5. The summed E-state index contributed by atoms with van der Waals surface area (Å²) in [7, 11) is 0. The lowest BCUT2D eigenvalue weighted by molar-refractivity contribution is -0.149. The maximum Gasteiger partial charge on any atom is 0.309 e. The molecule has 0 aliphatic carbocycles. The molecular weight excluding hydrogens is 190 g/mol. The van der Waals surface area contributed by atoms with Gasteiger partial charge in [0.05, 0.1) is 12.5 Å². The van der Waals surface area contributed by atoms with Crippen LogP contribution in [0.15, 0.2) is 0 Å². The minimum Gasteiger partial charge on any atom is -0.465 e. The second kappa shape index (κ2) is 8.72. The molecule has 0 aliphatic rings. The predicted octanol–water partition coefficient (Wildman–Crippen LogP) is 2.34. The van der Waals surface area contributed by atoms with Crippen LogP contribution in [-0.4, -0.2) is 19.1 Å². The fourth-order valence-electron chi connectivity index (χ4n) is 1.34. The Balaban J connectivity index is 3.74. The van der Waals surface area contributed by atoms with E-state index in [0.29, 0.717) is 19.1 Å². The van der Waals surface area contributed by atoms with E-state index in [2.05, 4.69) is 13.8 Å². The number of hydrogen-bond acceptors (Lipinski definition) is 3. The standard InChI is InChI=1S/C12H25NO2/c1-4-6-7-11(5-2)9-15-12(14)10(3)8-13/h10-11H,4-9,13H2,1-3H3. The minimum atomic E-state index is -0.173. The molecule has 2 atom stereocenters. The van der Waals surface area contributed by atoms with Crippen LogP contribution < -0.4 is 5.73 Å². The molecule has 0 aromatic rings. The average Bonchev–Trinajstić information content (AvgIpc) is 2.27. The largest absolute Gasteiger partial charge is 0.465 e. The van der Waals surface area contributed by atoms with E-state index in [1.165, 1.54) is 12.8 Å². The van der Waals surface area contributed by atoms with Crippen LogP contribution in [0.3, 0.4) is 0 Å². The van der Waals surface area contributed by atoms with Crippen LogP contribution in [0.4, 0.5) is 0 Å². The van der Waals surface area contributed by atoms with Gasteiger partial charge in [0, 0.05) is 6.54 Å². The molecular formula is C12H25NO2. The van der Waals surface area contributed by atoms with Gasteiger partial charge in [-0.15, -0.1) is 0 Å². The zero-order valence-electron chi connectivity index (χ0n) is 10.3. The summed E-state index contributed by atoms with van der Waals surface area (Å²) in [5, 5.41) is 0. The van der Waals surface area contributed by atoms with Crippen molar-refractivity contribution in [3.8, 4) is 0 Å². The van der Waals surface area contributed by atoms with Crippen LogP contribution >= 0.6 is 0 Å². The van der Waals surface area contributed by atoms with Crippen LogP contribution in [0.25, 0.3) is 0 Å². The van der Waals surface area contributed by atoms with E-state index in [-0.39, 0.29) is 11.9 Å². The van der Waals surface area contributed by atoms with Gasteiger partial charge in [-0.05, 0) is 12.3 Å². The molecule has 0 aromatic carbocycles. The molecule has 0 saturated heterocycles. The first-order chi connectivity index (χ1) is 7.15. The van der Waals surface area contributed by atoms with E-state index < -0.39 is 0 Å². The number of rotatable bonds is 8. The van der Waals surface area contributed by atoms with Crippen LogP contribution in [0.5, 0.6) is 0 Å². The molecule has 3 nitrogen and oxygen atoms in total. The van der Waals surface area contributed by atoms with Gasteiger partial charge in [0.1, 0.15) is 0 Å². The molecule has 0 spiro atoms. The predicted molar refractivity (Wildman–Crippen MR) is 62.5 cm³/mol. The molecule has 90 valence electrons. The van der Waals surface area contributed by atoms with Crippen molar-refractivity contribution >= 4 is 5.97 Å². The highest BCUT2D eigenvalue weighted by Crippen LogP contribution is 2.13. The van der Waals surface area contributed by atoms with E-state index in [1.54, 1.807) is 6.92 Å². The topological polar surface area (TPSA) is 52.3 Å². The zero-order valence-corrected chi connectivity index (χ0v) is 10.3. The smallest absolute Gasteiger partial charge is 0.309 e. The lowest BCUT2D eigenvalue weighted by Crippen LogP contribution is -2.24. The summed E-state index contributed by atoms with van der Waals surface area (Å²) in [4.78, 5) is 11.4. The molecule has 2 unspecified atom stereocenters. The molecule has 0 aliphatic heterocycles. The Kier molecular flexibility index (Phi) is 8.38. The van der Waals surface area contributed by atoms with Gasteiger partial charge in [0.25, 0.3) is 0 Å². The number of carbonyl (C=O) groups is 1. The number of nitrogens with two attached hydrogens (primary N) is 1. The van der Waals surface area contributed by atoms with E-state index in [9.17, 15) is 4.79 Å². The summed E-state index contributed by atoms with van der Waals surface area (Å²) in [6.45, 7) is 7.04. The van der Waals surface area contributed by atoms with Gasteiger partial charge in [-0.3, -0.25) is 4.79 Å². The van der Waals surface area contributed by atoms with E-state index in [1.807, 2.05) is 0 Å². The third kappa shape index (κ3) is 6.50. The summed E-state index contributed by atoms with van der Waals surface area (Å²) in [5.41, 5.74) is 5.39. The van der Waals surface area contributed by atoms with Gasteiger partial charge in [0.15, 0.2) is 0 Å². The monoisotopic (exact) mass is 215 g/mol. The van der Waals surface area contributed by atoms with Crippen molar-refractivity contribution in [2.45, 2.75) is 46.5 Å². The molecule has 0 rings (SSSR count). The van der Waals surface area contributed by atoms with Crippen molar-refractivity contribution in [2.75, 3.05) is 13.2 Å². The normalized spacial score (nSPS) is 14.7. The molecule has 3 heteroatoms. The number of esters is 1. The Bertz CT molecular complexity index is 171. The fourth-order valence-corrected chi connectivity index (χ4v) is 1.34. The lowest BCUT2D eigenvalue weighted by atomic mass is 10.0. The third-order valence-corrected chi connectivity index (χ3v) is 2.76. The zero-order chi connectivity index (χ0) is 11.7. The van der Waals surface area contributed by atoms with Crippen molar-refractivity contribution in [1.29, 1.82) is 0 Å². The van der Waals surface area contributed by atoms with Crippen molar-refractivity contribution in [2.24, 2.45) is 17.6 Å². The summed E-state index contributed by atoms with van der Waals surface area (Å²) >= 11 is 0. The maximum absolute atomic E-state index is 11.4. The van der Waals surface area contributed by atoms with Gasteiger partial charge >= 0.3 is 5.97 Å². The Labute approximate surface area is 93.4 Å². The molecule has 15 heavy (non-hydrogen) atoms. The van der Waals surface area contributed by atoms with E-state index >= 15 is 0 Å². The summed E-state index contributed by atoms with van der Waals surface area (Å²) in [6, 6.07) is 0. The van der Waals surface area contributed by atoms with Crippen molar-refractivity contribution < 1.29 is 9.53 Å². The van der Waals surface area contributed by atoms with E-state index in [0.717, 1.165) is 12.8 Å². The summed E-state index contributed by atoms with van der Waals surface area (Å²) in [5.74, 6) is 0.181. The van der Waals surface area contributed by atoms with Crippen LogP contribution in [0, 0.1) is 11.8 Å². The van der Waals surface area contributed by atoms with Gasteiger partial charge in [0.2, 0.25) is 0 Å². The van der Waals surface area contributed by atoms with Gasteiger partial charge in [-0.2, -0.15) is 0 Å². The molecule has 0 saturated carbocycles. The third-order valence-electron chi connectivity index (χ3n) is 2.76. The summed E-state index contributed by atoms with van der Waals surface area (Å²) in [6.07, 6.45) is 4.63. The first-order valence-corrected chi connectivity index (χ1v) is 6.02. The second-order valence-electron chi connectivity index (χ2n) is 4.18. The number of hydrogen-bond donors (Lipinski definition) is 1. The molecule has 0 heterocycles. The Morgan fingerprint density at radius 3 is 2.53 bits per heavy atom. The molecule has 0 amide bonds. The quantitative estimate of drug-likeness (QED) is 0.632. The minimum absolute atomic E-state index is 0.160. The number of ether oxygens (including phenoxy) is 1. The Hall–Kier alpha value is -0.570. The highest BCUT2D eigenvalue weighted by molar-refractivity contribution is 5.72. The highest BCUT2D eigenvalue weighted by Gasteiger charge is 2.14. The SMILES string of the molecule is CCCCC(CC)COC(=O)C(C)CN. The van der Waals surface area contributed by atoms with E-state index in [4.69, 9.17) is 10.5 Å². The van der Waals surface area contributed by atoms with Crippen molar-refractivity contribution in [3.05, 3.63) is 0 Å².